The Morgan fingerprint density at radius 1 is 1.43 bits per heavy atom. The first-order chi connectivity index (χ1) is 6.49. The van der Waals surface area contributed by atoms with Gasteiger partial charge in [0.25, 0.3) is 0 Å². The van der Waals surface area contributed by atoms with Crippen molar-refractivity contribution < 1.29 is 19.4 Å². The molecule has 0 aromatic carbocycles. The average molecular weight is 199 g/mol. The minimum Gasteiger partial charge on any atom is -0.512 e. The third kappa shape index (κ3) is 4.39. The van der Waals surface area contributed by atoms with E-state index in [0.717, 1.165) is 6.21 Å². The minimum absolute atomic E-state index is 0.0916. The number of aliphatic imine (C=N–C) groups is 1. The molecule has 0 saturated heterocycles. The van der Waals surface area contributed by atoms with Crippen molar-refractivity contribution in [2.75, 3.05) is 13.7 Å². The molecule has 5 nitrogen and oxygen atoms in total. The van der Waals surface area contributed by atoms with Gasteiger partial charge in [0.2, 0.25) is 0 Å². The van der Waals surface area contributed by atoms with E-state index in [0.29, 0.717) is 0 Å². The number of ketones is 1. The fourth-order valence-corrected chi connectivity index (χ4v) is 0.715. The Hall–Kier alpha value is -1.65. The second-order valence-corrected chi connectivity index (χ2v) is 2.60. The van der Waals surface area contributed by atoms with Crippen LogP contribution in [0.15, 0.2) is 16.3 Å². The predicted octanol–water partition coefficient (Wildman–Crippen LogP) is 0.651. The Labute approximate surface area is 82.1 Å². The Kier molecular flexibility index (Phi) is 5.21. The number of aliphatic hydroxyl groups is 1. The monoisotopic (exact) mass is 199 g/mol. The summed E-state index contributed by atoms with van der Waals surface area (Å²) in [7, 11) is 1.25. The quantitative estimate of drug-likeness (QED) is 0.312. The van der Waals surface area contributed by atoms with Gasteiger partial charge in [0.15, 0.2) is 5.78 Å². The summed E-state index contributed by atoms with van der Waals surface area (Å²) < 4.78 is 4.34. The molecule has 0 aliphatic heterocycles. The molecule has 0 fully saturated rings. The topological polar surface area (TPSA) is 76.0 Å². The highest BCUT2D eigenvalue weighted by molar-refractivity contribution is 6.12. The molecule has 1 N–H and O–H groups in total. The van der Waals surface area contributed by atoms with Crippen LogP contribution in [0, 0.1) is 0 Å². The molecule has 14 heavy (non-hydrogen) atoms. The molecule has 0 bridgehead atoms. The number of esters is 1. The number of allylic oxidation sites excluding steroid dienone is 2. The van der Waals surface area contributed by atoms with Crippen LogP contribution in [0.1, 0.15) is 13.8 Å². The third-order valence-corrected chi connectivity index (χ3v) is 1.44. The van der Waals surface area contributed by atoms with E-state index in [1.807, 2.05) is 0 Å². The van der Waals surface area contributed by atoms with E-state index < -0.39 is 5.97 Å². The minimum atomic E-state index is -0.500. The fraction of sp³-hybridized carbons (Fsp3) is 0.444. The number of aliphatic hydroxyl groups excluding tert-OH is 1. The van der Waals surface area contributed by atoms with Crippen LogP contribution < -0.4 is 0 Å². The second-order valence-electron chi connectivity index (χ2n) is 2.60. The van der Waals surface area contributed by atoms with E-state index in [2.05, 4.69) is 9.73 Å². The molecule has 5 heteroatoms. The van der Waals surface area contributed by atoms with E-state index >= 15 is 0 Å². The van der Waals surface area contributed by atoms with Gasteiger partial charge in [-0.3, -0.25) is 14.6 Å². The fourth-order valence-electron chi connectivity index (χ4n) is 0.715. The van der Waals surface area contributed by atoms with E-state index in [-0.39, 0.29) is 23.7 Å². The Morgan fingerprint density at radius 3 is 2.36 bits per heavy atom. The summed E-state index contributed by atoms with van der Waals surface area (Å²) in [5.74, 6) is -0.926. The van der Waals surface area contributed by atoms with Crippen LogP contribution in [0.5, 0.6) is 0 Å². The van der Waals surface area contributed by atoms with Gasteiger partial charge in [0.1, 0.15) is 12.3 Å². The molecule has 0 aromatic heterocycles. The van der Waals surface area contributed by atoms with Crippen LogP contribution in [0.2, 0.25) is 0 Å². The zero-order valence-corrected chi connectivity index (χ0v) is 8.40. The van der Waals surface area contributed by atoms with Crippen molar-refractivity contribution in [1.82, 2.24) is 0 Å². The molecule has 0 atom stereocenters. The number of hydrogen-bond donors (Lipinski definition) is 1. The van der Waals surface area contributed by atoms with Crippen molar-refractivity contribution in [3.05, 3.63) is 11.3 Å². The first kappa shape index (κ1) is 12.3. The van der Waals surface area contributed by atoms with Gasteiger partial charge in [-0.15, -0.1) is 0 Å². The molecule has 0 heterocycles. The molecule has 0 spiro atoms. The smallest absolute Gasteiger partial charge is 0.327 e. The Morgan fingerprint density at radius 2 is 2.00 bits per heavy atom. The van der Waals surface area contributed by atoms with Crippen molar-refractivity contribution in [1.29, 1.82) is 0 Å². The summed E-state index contributed by atoms with van der Waals surface area (Å²) in [4.78, 5) is 25.2. The van der Waals surface area contributed by atoms with Crippen molar-refractivity contribution >= 4 is 18.0 Å². The van der Waals surface area contributed by atoms with Gasteiger partial charge in [-0.1, -0.05) is 0 Å². The number of ether oxygens (including phenoxy) is 1. The number of methoxy groups -OCH3 is 1. The van der Waals surface area contributed by atoms with Crippen LogP contribution >= 0.6 is 0 Å². The molecule has 0 unspecified atom stereocenters. The first-order valence-electron chi connectivity index (χ1n) is 3.96. The summed E-state index contributed by atoms with van der Waals surface area (Å²) in [6, 6.07) is 0. The highest BCUT2D eigenvalue weighted by Gasteiger charge is 2.04. The third-order valence-electron chi connectivity index (χ3n) is 1.44. The summed E-state index contributed by atoms with van der Waals surface area (Å²) >= 11 is 0. The van der Waals surface area contributed by atoms with Crippen molar-refractivity contribution in [2.45, 2.75) is 13.8 Å². The number of nitrogens with zero attached hydrogens (tertiary/aromatic N) is 1. The molecule has 0 saturated carbocycles. The van der Waals surface area contributed by atoms with Crippen molar-refractivity contribution in [2.24, 2.45) is 4.99 Å². The van der Waals surface area contributed by atoms with Gasteiger partial charge in [0.05, 0.1) is 12.7 Å². The summed E-state index contributed by atoms with van der Waals surface area (Å²) in [5, 5.41) is 9.06. The van der Waals surface area contributed by atoms with Crippen LogP contribution in [-0.2, 0) is 14.3 Å². The highest BCUT2D eigenvalue weighted by Crippen LogP contribution is 1.99. The molecule has 0 aromatic rings. The van der Waals surface area contributed by atoms with E-state index in [1.165, 1.54) is 21.0 Å². The molecule has 0 amide bonds. The maximum absolute atomic E-state index is 10.9. The molecule has 0 aliphatic carbocycles. The summed E-state index contributed by atoms with van der Waals surface area (Å²) in [6.07, 6.45) is 1.16. The van der Waals surface area contributed by atoms with Crippen LogP contribution in [0.3, 0.4) is 0 Å². The zero-order chi connectivity index (χ0) is 11.1. The number of carbonyl (C=O) groups is 2. The van der Waals surface area contributed by atoms with E-state index in [1.54, 1.807) is 0 Å². The second kappa shape index (κ2) is 5.90. The SMILES string of the molecule is COC(=O)CN=C/C(C(C)=O)=C(\C)O. The Balaban J connectivity index is 4.41. The lowest BCUT2D eigenvalue weighted by molar-refractivity contribution is -0.138. The lowest BCUT2D eigenvalue weighted by atomic mass is 10.2. The molecule has 0 radical (unpaired) electrons. The van der Waals surface area contributed by atoms with Crippen molar-refractivity contribution in [3.63, 3.8) is 0 Å². The van der Waals surface area contributed by atoms with E-state index in [9.17, 15) is 9.59 Å². The standard InChI is InChI=1S/C9H13NO4/c1-6(11)8(7(2)12)4-10-5-9(13)14-3/h4,11H,5H2,1-3H3/b8-6-,10-4?. The van der Waals surface area contributed by atoms with Gasteiger partial charge < -0.3 is 9.84 Å². The van der Waals surface area contributed by atoms with Crippen LogP contribution in [0.25, 0.3) is 0 Å². The first-order valence-corrected chi connectivity index (χ1v) is 3.96. The molecule has 0 rings (SSSR count). The van der Waals surface area contributed by atoms with Gasteiger partial charge in [-0.05, 0) is 13.8 Å². The summed E-state index contributed by atoms with van der Waals surface area (Å²) in [5.41, 5.74) is 0.0916. The summed E-state index contributed by atoms with van der Waals surface area (Å²) in [6.45, 7) is 2.51. The van der Waals surface area contributed by atoms with E-state index in [4.69, 9.17) is 5.11 Å². The number of Topliss-reactive ketones (excluding diaryl/α,β-unsaturated/α-hetero) is 1. The number of rotatable bonds is 4. The number of carbonyl (C=O) groups excluding carboxylic acids is 2. The molecule has 78 valence electrons. The van der Waals surface area contributed by atoms with Gasteiger partial charge >= 0.3 is 5.97 Å². The highest BCUT2D eigenvalue weighted by atomic mass is 16.5. The zero-order valence-electron chi connectivity index (χ0n) is 8.40. The van der Waals surface area contributed by atoms with Crippen LogP contribution in [-0.4, -0.2) is 36.7 Å². The van der Waals surface area contributed by atoms with Gasteiger partial charge in [-0.25, -0.2) is 0 Å². The molecular formula is C9H13NO4. The Bertz CT molecular complexity index is 287. The predicted molar refractivity (Wildman–Crippen MR) is 51.4 cm³/mol. The lowest BCUT2D eigenvalue weighted by Gasteiger charge is -1.97. The normalized spacial score (nSPS) is 12.5. The van der Waals surface area contributed by atoms with Crippen LogP contribution in [0.4, 0.5) is 0 Å². The van der Waals surface area contributed by atoms with Gasteiger partial charge in [0, 0.05) is 6.21 Å². The maximum atomic E-state index is 10.9. The van der Waals surface area contributed by atoms with Crippen molar-refractivity contribution in [3.8, 4) is 0 Å². The average Bonchev–Trinajstić information content (AvgIpc) is 2.10. The maximum Gasteiger partial charge on any atom is 0.327 e. The largest absolute Gasteiger partial charge is 0.512 e. The number of hydrogen-bond acceptors (Lipinski definition) is 5. The van der Waals surface area contributed by atoms with Gasteiger partial charge in [-0.2, -0.15) is 0 Å². The molecular weight excluding hydrogens is 186 g/mol. The molecule has 0 aliphatic rings. The lowest BCUT2D eigenvalue weighted by Crippen LogP contribution is -2.07.